The number of morpholine rings is 1. The molecule has 1 aromatic rings. The largest absolute Gasteiger partial charge is 0.374 e. The molecule has 2 saturated heterocycles. The molecule has 3 heteroatoms. The second-order valence-corrected chi connectivity index (χ2v) is 5.12. The molecular weight excluding hydrogens is 214 g/mol. The van der Waals surface area contributed by atoms with Crippen molar-refractivity contribution in [2.24, 2.45) is 0 Å². The zero-order valence-electron chi connectivity index (χ0n) is 10.3. The standard InChI is InChI=1S/C14H17NO2/c1-9-3-4-10(2)13(5-9)14(16)15-7-12-6-11(15)8-17-12/h3-5,11-12H,6-8H2,1-2H3/t11-,12+/m0/s1. The smallest absolute Gasteiger partial charge is 0.254 e. The van der Waals surface area contributed by atoms with Crippen LogP contribution in [0.3, 0.4) is 0 Å². The molecule has 0 unspecified atom stereocenters. The van der Waals surface area contributed by atoms with E-state index in [2.05, 4.69) is 0 Å². The van der Waals surface area contributed by atoms with Crippen molar-refractivity contribution >= 4 is 5.91 Å². The van der Waals surface area contributed by atoms with E-state index in [0.29, 0.717) is 12.6 Å². The first-order chi connectivity index (χ1) is 8.15. The van der Waals surface area contributed by atoms with Crippen molar-refractivity contribution in [2.45, 2.75) is 32.4 Å². The van der Waals surface area contributed by atoms with Crippen LogP contribution in [0.25, 0.3) is 0 Å². The Hall–Kier alpha value is -1.35. The number of amides is 1. The van der Waals surface area contributed by atoms with Crippen molar-refractivity contribution in [3.05, 3.63) is 34.9 Å². The van der Waals surface area contributed by atoms with Crippen LogP contribution < -0.4 is 0 Å². The van der Waals surface area contributed by atoms with Crippen LogP contribution in [0.1, 0.15) is 27.9 Å². The molecule has 1 aromatic carbocycles. The van der Waals surface area contributed by atoms with Crippen LogP contribution >= 0.6 is 0 Å². The minimum absolute atomic E-state index is 0.169. The summed E-state index contributed by atoms with van der Waals surface area (Å²) in [4.78, 5) is 14.5. The van der Waals surface area contributed by atoms with E-state index in [9.17, 15) is 4.79 Å². The Kier molecular flexibility index (Phi) is 2.44. The highest BCUT2D eigenvalue weighted by molar-refractivity contribution is 5.96. The molecule has 90 valence electrons. The van der Waals surface area contributed by atoms with E-state index in [4.69, 9.17) is 4.74 Å². The van der Waals surface area contributed by atoms with Crippen LogP contribution in [0.2, 0.25) is 0 Å². The number of hydrogen-bond acceptors (Lipinski definition) is 2. The molecule has 1 amide bonds. The number of benzene rings is 1. The Bertz CT molecular complexity index is 469. The van der Waals surface area contributed by atoms with Gasteiger partial charge >= 0.3 is 0 Å². The molecule has 2 atom stereocenters. The third-order valence-electron chi connectivity index (χ3n) is 3.78. The first-order valence-corrected chi connectivity index (χ1v) is 6.15. The molecule has 0 spiro atoms. The van der Waals surface area contributed by atoms with Crippen LogP contribution in [-0.2, 0) is 4.74 Å². The van der Waals surface area contributed by atoms with Crippen LogP contribution in [0.4, 0.5) is 0 Å². The Morgan fingerprint density at radius 1 is 1.41 bits per heavy atom. The average molecular weight is 231 g/mol. The van der Waals surface area contributed by atoms with E-state index in [1.165, 1.54) is 0 Å². The van der Waals surface area contributed by atoms with Gasteiger partial charge in [0, 0.05) is 12.1 Å². The Morgan fingerprint density at radius 2 is 2.24 bits per heavy atom. The lowest BCUT2D eigenvalue weighted by Gasteiger charge is -2.27. The Labute approximate surface area is 101 Å². The van der Waals surface area contributed by atoms with Gasteiger partial charge in [0.05, 0.1) is 18.8 Å². The van der Waals surface area contributed by atoms with Crippen molar-refractivity contribution in [1.29, 1.82) is 0 Å². The van der Waals surface area contributed by atoms with E-state index in [-0.39, 0.29) is 12.0 Å². The lowest BCUT2D eigenvalue weighted by Crippen LogP contribution is -2.41. The van der Waals surface area contributed by atoms with E-state index in [1.807, 2.05) is 36.9 Å². The second kappa shape index (κ2) is 3.84. The minimum Gasteiger partial charge on any atom is -0.374 e. The SMILES string of the molecule is Cc1ccc(C)c(C(=O)N2C[C@H]3C[C@H]2CO3)c1. The van der Waals surface area contributed by atoms with Gasteiger partial charge in [-0.2, -0.15) is 0 Å². The fourth-order valence-corrected chi connectivity index (χ4v) is 2.77. The maximum Gasteiger partial charge on any atom is 0.254 e. The molecule has 0 aliphatic carbocycles. The predicted octanol–water partition coefficient (Wildman–Crippen LogP) is 1.92. The minimum atomic E-state index is 0.169. The molecule has 0 N–H and O–H groups in total. The van der Waals surface area contributed by atoms with Gasteiger partial charge in [-0.25, -0.2) is 0 Å². The maximum atomic E-state index is 12.5. The van der Waals surface area contributed by atoms with E-state index < -0.39 is 0 Å². The summed E-state index contributed by atoms with van der Waals surface area (Å²) in [5.41, 5.74) is 3.04. The summed E-state index contributed by atoms with van der Waals surface area (Å²) in [6.45, 7) is 5.49. The van der Waals surface area contributed by atoms with Gasteiger partial charge in [0.1, 0.15) is 0 Å². The molecule has 0 aromatic heterocycles. The van der Waals surface area contributed by atoms with Crippen molar-refractivity contribution < 1.29 is 9.53 Å². The van der Waals surface area contributed by atoms with Crippen LogP contribution in [0.5, 0.6) is 0 Å². The molecule has 2 aliphatic heterocycles. The molecule has 2 fully saturated rings. The lowest BCUT2D eigenvalue weighted by atomic mass is 10.0. The average Bonchev–Trinajstić information content (AvgIpc) is 2.93. The molecule has 2 aliphatic rings. The van der Waals surface area contributed by atoms with Gasteiger partial charge in [0.15, 0.2) is 0 Å². The van der Waals surface area contributed by atoms with Crippen molar-refractivity contribution in [3.63, 3.8) is 0 Å². The summed E-state index contributed by atoms with van der Waals surface area (Å²) in [6.07, 6.45) is 1.28. The monoisotopic (exact) mass is 231 g/mol. The van der Waals surface area contributed by atoms with E-state index in [0.717, 1.165) is 29.7 Å². The lowest BCUT2D eigenvalue weighted by molar-refractivity contribution is 0.0258. The highest BCUT2D eigenvalue weighted by Crippen LogP contribution is 2.29. The van der Waals surface area contributed by atoms with Crippen molar-refractivity contribution in [1.82, 2.24) is 4.90 Å². The van der Waals surface area contributed by atoms with Crippen molar-refractivity contribution in [2.75, 3.05) is 13.2 Å². The number of fused-ring (bicyclic) bond motifs is 2. The summed E-state index contributed by atoms with van der Waals surface area (Å²) in [6, 6.07) is 6.36. The number of carbonyl (C=O) groups is 1. The van der Waals surface area contributed by atoms with E-state index in [1.54, 1.807) is 0 Å². The van der Waals surface area contributed by atoms with Crippen LogP contribution in [-0.4, -0.2) is 36.1 Å². The molecule has 0 saturated carbocycles. The van der Waals surface area contributed by atoms with Crippen LogP contribution in [0.15, 0.2) is 18.2 Å². The highest BCUT2D eigenvalue weighted by Gasteiger charge is 2.41. The topological polar surface area (TPSA) is 29.5 Å². The van der Waals surface area contributed by atoms with Gasteiger partial charge in [-0.1, -0.05) is 17.7 Å². The third-order valence-corrected chi connectivity index (χ3v) is 3.78. The number of hydrogen-bond donors (Lipinski definition) is 0. The Morgan fingerprint density at radius 3 is 2.88 bits per heavy atom. The number of carbonyl (C=O) groups excluding carboxylic acids is 1. The van der Waals surface area contributed by atoms with Gasteiger partial charge in [0.2, 0.25) is 0 Å². The molecule has 2 heterocycles. The van der Waals surface area contributed by atoms with Gasteiger partial charge in [-0.15, -0.1) is 0 Å². The molecule has 3 nitrogen and oxygen atoms in total. The Balaban J connectivity index is 1.89. The zero-order chi connectivity index (χ0) is 12.0. The third kappa shape index (κ3) is 1.75. The van der Waals surface area contributed by atoms with Crippen LogP contribution in [0, 0.1) is 13.8 Å². The summed E-state index contributed by atoms with van der Waals surface area (Å²) in [7, 11) is 0. The number of aryl methyl sites for hydroxylation is 2. The first-order valence-electron chi connectivity index (χ1n) is 6.15. The summed E-state index contributed by atoms with van der Waals surface area (Å²) < 4.78 is 5.53. The molecule has 0 radical (unpaired) electrons. The number of nitrogens with zero attached hydrogens (tertiary/aromatic N) is 1. The zero-order valence-corrected chi connectivity index (χ0v) is 10.3. The fourth-order valence-electron chi connectivity index (χ4n) is 2.77. The normalized spacial score (nSPS) is 26.6. The molecule has 2 bridgehead atoms. The van der Waals surface area contributed by atoms with Gasteiger partial charge < -0.3 is 9.64 Å². The van der Waals surface area contributed by atoms with Crippen molar-refractivity contribution in [3.8, 4) is 0 Å². The van der Waals surface area contributed by atoms with Gasteiger partial charge in [0.25, 0.3) is 5.91 Å². The molecule has 17 heavy (non-hydrogen) atoms. The molecule has 3 rings (SSSR count). The van der Waals surface area contributed by atoms with Gasteiger partial charge in [-0.3, -0.25) is 4.79 Å². The summed E-state index contributed by atoms with van der Waals surface area (Å²) in [5, 5.41) is 0. The fraction of sp³-hybridized carbons (Fsp3) is 0.500. The van der Waals surface area contributed by atoms with Gasteiger partial charge in [-0.05, 0) is 31.9 Å². The number of ether oxygens (including phenoxy) is 1. The highest BCUT2D eigenvalue weighted by atomic mass is 16.5. The first kappa shape index (κ1) is 10.8. The maximum absolute atomic E-state index is 12.5. The summed E-state index contributed by atoms with van der Waals surface area (Å²) in [5.74, 6) is 0.169. The second-order valence-electron chi connectivity index (χ2n) is 5.12. The summed E-state index contributed by atoms with van der Waals surface area (Å²) >= 11 is 0. The predicted molar refractivity (Wildman–Crippen MR) is 65.1 cm³/mol. The number of likely N-dealkylation sites (tertiary alicyclic amines) is 1. The van der Waals surface area contributed by atoms with E-state index >= 15 is 0 Å². The number of rotatable bonds is 1. The molecular formula is C14H17NO2. The quantitative estimate of drug-likeness (QED) is 0.739.